The van der Waals surface area contributed by atoms with Gasteiger partial charge < -0.3 is 35.0 Å². The molecule has 8 nitrogen and oxygen atoms in total. The van der Waals surface area contributed by atoms with Crippen LogP contribution in [0.25, 0.3) is 0 Å². The van der Waals surface area contributed by atoms with Crippen LogP contribution in [0.5, 0.6) is 0 Å². The lowest BCUT2D eigenvalue weighted by molar-refractivity contribution is -0.309. The van der Waals surface area contributed by atoms with Gasteiger partial charge in [0.05, 0.1) is 13.6 Å². The maximum absolute atomic E-state index is 11.5. The molecule has 33 heavy (non-hydrogen) atoms. The largest absolute Gasteiger partial charge is 0.479 e. The molecule has 5 fully saturated rings. The van der Waals surface area contributed by atoms with Crippen molar-refractivity contribution in [1.29, 1.82) is 0 Å². The molecule has 0 radical (unpaired) electrons. The van der Waals surface area contributed by atoms with Gasteiger partial charge in [-0.2, -0.15) is 0 Å². The van der Waals surface area contributed by atoms with Crippen LogP contribution in [-0.2, 0) is 14.3 Å². The van der Waals surface area contributed by atoms with Crippen molar-refractivity contribution in [3.63, 3.8) is 0 Å². The highest BCUT2D eigenvalue weighted by Crippen LogP contribution is 2.66. The smallest absolute Gasteiger partial charge is 0.335 e. The molecule has 0 bridgehead atoms. The number of ether oxygens (including phenoxy) is 2. The fourth-order valence-electron chi connectivity index (χ4n) is 7.74. The summed E-state index contributed by atoms with van der Waals surface area (Å²) in [5.74, 6) is -1.92. The molecule has 4 saturated carbocycles. The second-order valence-corrected chi connectivity index (χ2v) is 11.3. The van der Waals surface area contributed by atoms with E-state index < -0.39 is 66.8 Å². The van der Waals surface area contributed by atoms with Crippen molar-refractivity contribution in [2.75, 3.05) is 0 Å². The lowest BCUT2D eigenvalue weighted by atomic mass is 9.45. The van der Waals surface area contributed by atoms with Crippen molar-refractivity contribution in [3.05, 3.63) is 0 Å². The molecule has 0 aromatic carbocycles. The Morgan fingerprint density at radius 2 is 1.70 bits per heavy atom. The molecule has 4 aliphatic carbocycles. The Bertz CT molecular complexity index is 970. The summed E-state index contributed by atoms with van der Waals surface area (Å²) in [6.45, 7) is 4.04. The third kappa shape index (κ3) is 3.67. The molecule has 0 aromatic heterocycles. The SMILES string of the molecule is [2H]C1([2H])C[C@@]2(C)[C@H](CC[C@@H]3[C@@H]2CC[C@]2(C)[C@@H](O)CC[C@@H]32)C([2H])([2H])[C@]1([2H])O[C@@H]1O[C@H](C(=O)O)[C@@H](O)[C@H](O)[C@H]1O. The summed E-state index contributed by atoms with van der Waals surface area (Å²) >= 11 is 0. The summed E-state index contributed by atoms with van der Waals surface area (Å²) in [4.78, 5) is 11.5. The van der Waals surface area contributed by atoms with Gasteiger partial charge in [-0.05, 0) is 92.2 Å². The first-order chi connectivity index (χ1) is 17.4. The van der Waals surface area contributed by atoms with E-state index in [-0.39, 0.29) is 35.7 Å². The fraction of sp³-hybridized carbons (Fsp3) is 0.960. The van der Waals surface area contributed by atoms with Gasteiger partial charge in [0.2, 0.25) is 0 Å². The van der Waals surface area contributed by atoms with Gasteiger partial charge in [0.25, 0.3) is 0 Å². The maximum Gasteiger partial charge on any atom is 0.335 e. The van der Waals surface area contributed by atoms with E-state index in [2.05, 4.69) is 6.92 Å². The quantitative estimate of drug-likeness (QED) is 0.391. The highest BCUT2D eigenvalue weighted by molar-refractivity contribution is 5.73. The number of aliphatic carboxylic acids is 1. The minimum Gasteiger partial charge on any atom is -0.479 e. The number of carboxylic acids is 1. The number of aliphatic hydroxyl groups is 4. The summed E-state index contributed by atoms with van der Waals surface area (Å²) in [5.41, 5.74) is -0.996. The summed E-state index contributed by atoms with van der Waals surface area (Å²) in [5, 5.41) is 50.7. The minimum absolute atomic E-state index is 0.00389. The van der Waals surface area contributed by atoms with Gasteiger partial charge in [0.15, 0.2) is 12.4 Å². The Hall–Kier alpha value is -0.770. The predicted octanol–water partition coefficient (Wildman–Crippen LogP) is 1.67. The van der Waals surface area contributed by atoms with Gasteiger partial charge in [-0.15, -0.1) is 0 Å². The monoisotopic (exact) mass is 473 g/mol. The summed E-state index contributed by atoms with van der Waals surface area (Å²) in [6.07, 6.45) is -14.5. The number of aliphatic hydroxyl groups excluding tert-OH is 4. The van der Waals surface area contributed by atoms with Crippen LogP contribution < -0.4 is 0 Å². The van der Waals surface area contributed by atoms with Crippen LogP contribution in [0.15, 0.2) is 0 Å². The Balaban J connectivity index is 1.47. The van der Waals surface area contributed by atoms with Crippen LogP contribution in [-0.4, -0.2) is 74.4 Å². The van der Waals surface area contributed by atoms with Crippen molar-refractivity contribution >= 4 is 5.97 Å². The average Bonchev–Trinajstić information content (AvgIpc) is 3.12. The van der Waals surface area contributed by atoms with Crippen LogP contribution in [0.2, 0.25) is 0 Å². The molecule has 0 unspecified atom stereocenters. The Labute approximate surface area is 202 Å². The number of carboxylic acid groups (broad SMARTS) is 1. The standard InChI is InChI=1S/C25H40O8/c1-24-9-7-13(32-23-20(29)18(27)19(28)21(33-23)22(30)31)11-12(24)3-4-14-15-5-6-17(26)25(15,2)10-8-16(14)24/h12-21,23,26-29H,3-11H2,1-2H3,(H,30,31)/t12-,13-,14+,15+,16+,17+,18+,19+,20-,21+,23-,24+,25+/m1/s1/i7D2,11D2,13D. The average molecular weight is 474 g/mol. The first-order valence-corrected chi connectivity index (χ1v) is 12.2. The number of rotatable bonds is 3. The fourth-order valence-corrected chi connectivity index (χ4v) is 7.74. The summed E-state index contributed by atoms with van der Waals surface area (Å²) in [7, 11) is 0. The van der Waals surface area contributed by atoms with Crippen molar-refractivity contribution < 1.29 is 46.7 Å². The van der Waals surface area contributed by atoms with Crippen LogP contribution in [0, 0.1) is 34.5 Å². The topological polar surface area (TPSA) is 137 Å². The van der Waals surface area contributed by atoms with Crippen LogP contribution in [0.3, 0.4) is 0 Å². The van der Waals surface area contributed by atoms with E-state index in [0.29, 0.717) is 12.8 Å². The molecule has 1 aliphatic heterocycles. The van der Waals surface area contributed by atoms with Gasteiger partial charge in [0, 0.05) is 5.48 Å². The Morgan fingerprint density at radius 3 is 2.42 bits per heavy atom. The van der Waals surface area contributed by atoms with Crippen molar-refractivity contribution in [2.45, 2.75) is 114 Å². The van der Waals surface area contributed by atoms with Crippen LogP contribution >= 0.6 is 0 Å². The number of hydrogen-bond acceptors (Lipinski definition) is 7. The highest BCUT2D eigenvalue weighted by Gasteiger charge is 2.60. The first-order valence-electron chi connectivity index (χ1n) is 14.7. The molecule has 188 valence electrons. The molecule has 0 aromatic rings. The van der Waals surface area contributed by atoms with Gasteiger partial charge in [-0.3, -0.25) is 0 Å². The van der Waals surface area contributed by atoms with E-state index in [9.17, 15) is 30.3 Å². The molecular formula is C25H40O8. The van der Waals surface area contributed by atoms with Gasteiger partial charge in [-0.1, -0.05) is 13.8 Å². The summed E-state index contributed by atoms with van der Waals surface area (Å²) in [6, 6.07) is 0. The zero-order chi connectivity index (χ0) is 28.2. The molecule has 1 heterocycles. The molecule has 5 N–H and O–H groups in total. The van der Waals surface area contributed by atoms with Gasteiger partial charge in [-0.25, -0.2) is 4.79 Å². The molecular weight excluding hydrogens is 428 g/mol. The zero-order valence-electron chi connectivity index (χ0n) is 24.2. The van der Waals surface area contributed by atoms with Crippen molar-refractivity contribution in [1.82, 2.24) is 0 Å². The second kappa shape index (κ2) is 8.42. The summed E-state index contributed by atoms with van der Waals surface area (Å²) < 4.78 is 55.9. The van der Waals surface area contributed by atoms with Crippen LogP contribution in [0.1, 0.15) is 78.4 Å². The number of carbonyl (C=O) groups is 1. The van der Waals surface area contributed by atoms with E-state index in [0.717, 1.165) is 25.7 Å². The predicted molar refractivity (Wildman–Crippen MR) is 117 cm³/mol. The van der Waals surface area contributed by atoms with E-state index in [4.69, 9.17) is 16.3 Å². The molecule has 13 atom stereocenters. The molecule has 5 rings (SSSR count). The number of fused-ring (bicyclic) bond motifs is 5. The zero-order valence-corrected chi connectivity index (χ0v) is 19.2. The lowest BCUT2D eigenvalue weighted by Crippen LogP contribution is -2.61. The first kappa shape index (κ1) is 18.5. The third-order valence-corrected chi connectivity index (χ3v) is 9.80. The molecule has 0 amide bonds. The Kier molecular flexibility index (Phi) is 4.72. The maximum atomic E-state index is 11.5. The molecule has 1 saturated heterocycles. The normalized spacial score (nSPS) is 64.0. The van der Waals surface area contributed by atoms with Crippen molar-refractivity contribution in [3.8, 4) is 0 Å². The Morgan fingerprint density at radius 1 is 0.970 bits per heavy atom. The van der Waals surface area contributed by atoms with Crippen LogP contribution in [0.4, 0.5) is 0 Å². The highest BCUT2D eigenvalue weighted by atomic mass is 16.7. The van der Waals surface area contributed by atoms with Gasteiger partial charge >= 0.3 is 5.97 Å². The lowest BCUT2D eigenvalue weighted by Gasteiger charge is -2.61. The van der Waals surface area contributed by atoms with E-state index in [1.165, 1.54) is 0 Å². The third-order valence-electron chi connectivity index (χ3n) is 9.80. The van der Waals surface area contributed by atoms with E-state index >= 15 is 0 Å². The van der Waals surface area contributed by atoms with E-state index in [1.54, 1.807) is 0 Å². The second-order valence-electron chi connectivity index (χ2n) is 11.3. The van der Waals surface area contributed by atoms with E-state index in [1.807, 2.05) is 6.92 Å². The molecule has 0 spiro atoms. The molecule has 5 aliphatic rings. The number of hydrogen-bond donors (Lipinski definition) is 5. The minimum atomic E-state index is -2.90. The van der Waals surface area contributed by atoms with Crippen molar-refractivity contribution in [2.24, 2.45) is 34.5 Å². The molecule has 8 heteroatoms. The van der Waals surface area contributed by atoms with Gasteiger partial charge in [0.1, 0.15) is 18.3 Å².